The zero-order valence-corrected chi connectivity index (χ0v) is 16.5. The van der Waals surface area contributed by atoms with Crippen LogP contribution in [0.15, 0.2) is 23.8 Å². The van der Waals surface area contributed by atoms with E-state index in [1.54, 1.807) is 13.8 Å². The standard InChI is InChI=1S/C18H16ClF3N4O2.Li/c1-7(9-4-3-5-10(13(9)20)15(21)22)23-16-12-6-11(18(27)28)14(19)26-17(12)25-8(2)24-16;/h3-7,14-15H,1-2H3,(H,27,28)(H2,23,24,25,26);/q;+1/p-1/t7-,14?;/m1./s1. The van der Waals surface area contributed by atoms with Gasteiger partial charge in [-0.05, 0) is 19.9 Å². The third-order valence-corrected chi connectivity index (χ3v) is 4.59. The van der Waals surface area contributed by atoms with Crippen molar-refractivity contribution in [1.82, 2.24) is 9.97 Å². The molecule has 2 atom stereocenters. The summed E-state index contributed by atoms with van der Waals surface area (Å²) < 4.78 is 40.4. The number of carbonyl (C=O) groups excluding carboxylic acids is 1. The van der Waals surface area contributed by atoms with Crippen LogP contribution in [-0.4, -0.2) is 21.4 Å². The largest absolute Gasteiger partial charge is 1.00 e. The van der Waals surface area contributed by atoms with Gasteiger partial charge in [0.25, 0.3) is 6.43 Å². The van der Waals surface area contributed by atoms with E-state index >= 15 is 0 Å². The fraction of sp³-hybridized carbons (Fsp3) is 0.278. The molecule has 0 aliphatic carbocycles. The predicted molar refractivity (Wildman–Crippen MR) is 96.4 cm³/mol. The summed E-state index contributed by atoms with van der Waals surface area (Å²) in [5.41, 5.74) is -1.65. The molecule has 2 aromatic rings. The van der Waals surface area contributed by atoms with E-state index in [0.717, 1.165) is 6.07 Å². The molecular weight excluding hydrogens is 404 g/mol. The van der Waals surface area contributed by atoms with Crippen LogP contribution in [0.4, 0.5) is 24.8 Å². The molecule has 0 saturated heterocycles. The first-order chi connectivity index (χ1) is 13.2. The van der Waals surface area contributed by atoms with Gasteiger partial charge in [0, 0.05) is 11.1 Å². The Labute approximate surface area is 181 Å². The Balaban J connectivity index is 0.00000300. The van der Waals surface area contributed by atoms with Crippen molar-refractivity contribution in [3.63, 3.8) is 0 Å². The minimum Gasteiger partial charge on any atom is -0.545 e. The first-order valence-electron chi connectivity index (χ1n) is 8.24. The number of halogens is 4. The van der Waals surface area contributed by atoms with E-state index in [9.17, 15) is 23.1 Å². The third-order valence-electron chi connectivity index (χ3n) is 4.24. The molecule has 0 radical (unpaired) electrons. The quantitative estimate of drug-likeness (QED) is 0.408. The molecule has 1 aromatic carbocycles. The number of benzene rings is 1. The van der Waals surface area contributed by atoms with Crippen molar-refractivity contribution in [2.45, 2.75) is 31.8 Å². The fourth-order valence-electron chi connectivity index (χ4n) is 2.88. The third kappa shape index (κ3) is 4.69. The van der Waals surface area contributed by atoms with Gasteiger partial charge in [0.1, 0.15) is 28.8 Å². The maximum atomic E-state index is 14.4. The molecule has 0 fully saturated rings. The number of anilines is 2. The van der Waals surface area contributed by atoms with Gasteiger partial charge in [0.05, 0.1) is 23.1 Å². The number of carboxylic acid groups (broad SMARTS) is 1. The van der Waals surface area contributed by atoms with Gasteiger partial charge in [-0.3, -0.25) is 0 Å². The monoisotopic (exact) mass is 418 g/mol. The van der Waals surface area contributed by atoms with Gasteiger partial charge in [-0.1, -0.05) is 29.8 Å². The Hall–Kier alpha value is -2.21. The molecule has 1 unspecified atom stereocenters. The van der Waals surface area contributed by atoms with Crippen LogP contribution in [0.5, 0.6) is 0 Å². The molecule has 0 saturated carbocycles. The molecule has 2 heterocycles. The molecule has 0 bridgehead atoms. The van der Waals surface area contributed by atoms with Crippen LogP contribution in [0.2, 0.25) is 0 Å². The van der Waals surface area contributed by atoms with Crippen molar-refractivity contribution in [3.05, 3.63) is 52.1 Å². The van der Waals surface area contributed by atoms with Crippen LogP contribution >= 0.6 is 11.6 Å². The zero-order valence-electron chi connectivity index (χ0n) is 15.8. The molecule has 29 heavy (non-hydrogen) atoms. The molecule has 6 nitrogen and oxygen atoms in total. The number of alkyl halides is 3. The van der Waals surface area contributed by atoms with Gasteiger partial charge in [-0.2, -0.15) is 0 Å². The Bertz CT molecular complexity index is 974. The van der Waals surface area contributed by atoms with Crippen molar-refractivity contribution < 1.29 is 41.9 Å². The number of nitrogens with zero attached hydrogens (tertiary/aromatic N) is 2. The van der Waals surface area contributed by atoms with Gasteiger partial charge >= 0.3 is 18.9 Å². The van der Waals surface area contributed by atoms with Crippen molar-refractivity contribution in [2.75, 3.05) is 10.6 Å². The minimum atomic E-state index is -2.94. The normalized spacial score (nSPS) is 16.2. The van der Waals surface area contributed by atoms with Crippen LogP contribution < -0.4 is 34.6 Å². The summed E-state index contributed by atoms with van der Waals surface area (Å²) in [4.78, 5) is 19.7. The maximum absolute atomic E-state index is 14.4. The van der Waals surface area contributed by atoms with E-state index < -0.39 is 35.3 Å². The summed E-state index contributed by atoms with van der Waals surface area (Å²) in [7, 11) is 0. The average Bonchev–Trinajstić information content (AvgIpc) is 2.60. The summed E-state index contributed by atoms with van der Waals surface area (Å²) in [6, 6.07) is 3.00. The second-order valence-electron chi connectivity index (χ2n) is 6.19. The van der Waals surface area contributed by atoms with Gasteiger partial charge in [-0.25, -0.2) is 23.1 Å². The van der Waals surface area contributed by atoms with Gasteiger partial charge < -0.3 is 20.5 Å². The van der Waals surface area contributed by atoms with Crippen molar-refractivity contribution >= 4 is 35.3 Å². The van der Waals surface area contributed by atoms with E-state index in [1.807, 2.05) is 0 Å². The van der Waals surface area contributed by atoms with Crippen LogP contribution in [0.25, 0.3) is 6.08 Å². The van der Waals surface area contributed by atoms with Gasteiger partial charge in [0.15, 0.2) is 0 Å². The number of nitrogens with one attached hydrogen (secondary N) is 2. The smallest absolute Gasteiger partial charge is 0.545 e. The second kappa shape index (κ2) is 9.07. The van der Waals surface area contributed by atoms with Gasteiger partial charge in [-0.15, -0.1) is 0 Å². The van der Waals surface area contributed by atoms with E-state index in [2.05, 4.69) is 20.6 Å². The Morgan fingerprint density at radius 1 is 1.31 bits per heavy atom. The number of hydrogen-bond acceptors (Lipinski definition) is 6. The minimum absolute atomic E-state index is 0. The van der Waals surface area contributed by atoms with E-state index in [-0.39, 0.29) is 41.6 Å². The number of aryl methyl sites for hydroxylation is 1. The predicted octanol–water partition coefficient (Wildman–Crippen LogP) is 0.163. The van der Waals surface area contributed by atoms with Gasteiger partial charge in [0.2, 0.25) is 0 Å². The SMILES string of the molecule is Cc1nc2c(c(N[C@H](C)c3cccc(C(F)F)c3F)n1)C=C(C(=O)[O-])C(Cl)N2.[Li+]. The number of aliphatic carboxylic acids is 1. The van der Waals surface area contributed by atoms with Crippen LogP contribution in [0.3, 0.4) is 0 Å². The number of fused-ring (bicyclic) bond motifs is 1. The number of carbonyl (C=O) groups is 1. The Morgan fingerprint density at radius 2 is 1.97 bits per heavy atom. The first kappa shape index (κ1) is 23.1. The molecule has 2 N–H and O–H groups in total. The summed E-state index contributed by atoms with van der Waals surface area (Å²) >= 11 is 5.98. The van der Waals surface area contributed by atoms with Crippen molar-refractivity contribution in [3.8, 4) is 0 Å². The van der Waals surface area contributed by atoms with Crippen LogP contribution in [-0.2, 0) is 4.79 Å². The number of rotatable bonds is 5. The zero-order chi connectivity index (χ0) is 20.6. The molecule has 1 aromatic heterocycles. The molecule has 1 aliphatic rings. The van der Waals surface area contributed by atoms with E-state index in [0.29, 0.717) is 11.4 Å². The molecular formula is C18H15ClF3LiN4O2. The number of carboxylic acids is 1. The topological polar surface area (TPSA) is 90.0 Å². The summed E-state index contributed by atoms with van der Waals surface area (Å²) in [6.07, 6.45) is -1.68. The fourth-order valence-corrected chi connectivity index (χ4v) is 3.14. The molecule has 148 valence electrons. The summed E-state index contributed by atoms with van der Waals surface area (Å²) in [5, 5.41) is 16.9. The Kier molecular flexibility index (Phi) is 7.22. The van der Waals surface area contributed by atoms with Crippen LogP contribution in [0.1, 0.15) is 41.9 Å². The Morgan fingerprint density at radius 3 is 2.59 bits per heavy atom. The molecule has 0 amide bonds. The van der Waals surface area contributed by atoms with Crippen LogP contribution in [0, 0.1) is 12.7 Å². The average molecular weight is 419 g/mol. The van der Waals surface area contributed by atoms with E-state index in [1.165, 1.54) is 18.2 Å². The first-order valence-corrected chi connectivity index (χ1v) is 8.67. The molecule has 1 aliphatic heterocycles. The summed E-state index contributed by atoms with van der Waals surface area (Å²) in [5.74, 6) is -1.65. The molecule has 3 rings (SSSR count). The number of aromatic nitrogens is 2. The summed E-state index contributed by atoms with van der Waals surface area (Å²) in [6.45, 7) is 3.18. The molecule has 0 spiro atoms. The second-order valence-corrected chi connectivity index (χ2v) is 6.63. The number of hydrogen-bond donors (Lipinski definition) is 2. The molecule has 11 heteroatoms. The van der Waals surface area contributed by atoms with E-state index in [4.69, 9.17) is 11.6 Å². The van der Waals surface area contributed by atoms with Crippen molar-refractivity contribution in [2.24, 2.45) is 0 Å². The maximum Gasteiger partial charge on any atom is 1.00 e. The van der Waals surface area contributed by atoms with Crippen molar-refractivity contribution in [1.29, 1.82) is 0 Å².